The lowest BCUT2D eigenvalue weighted by Crippen LogP contribution is -2.32. The van der Waals surface area contributed by atoms with Gasteiger partial charge in [-0.25, -0.2) is 0 Å². The topological polar surface area (TPSA) is 78.8 Å². The van der Waals surface area contributed by atoms with Crippen LogP contribution in [-0.4, -0.2) is 41.8 Å². The summed E-state index contributed by atoms with van der Waals surface area (Å²) in [7, 11) is 0. The van der Waals surface area contributed by atoms with E-state index in [4.69, 9.17) is 4.74 Å². The van der Waals surface area contributed by atoms with Crippen molar-refractivity contribution in [1.29, 1.82) is 0 Å². The molecule has 134 valence electrons. The van der Waals surface area contributed by atoms with Crippen LogP contribution in [0.15, 0.2) is 54.6 Å². The van der Waals surface area contributed by atoms with Gasteiger partial charge in [-0.3, -0.25) is 4.79 Å². The third kappa shape index (κ3) is 6.66. The molecule has 2 unspecified atom stereocenters. The second-order valence-electron chi connectivity index (χ2n) is 5.97. The lowest BCUT2D eigenvalue weighted by molar-refractivity contribution is 0.101. The number of rotatable bonds is 10. The molecule has 2 rings (SSSR count). The number of benzene rings is 2. The number of ether oxygens (including phenoxy) is 1. The van der Waals surface area contributed by atoms with Crippen molar-refractivity contribution < 1.29 is 19.7 Å². The third-order valence-electron chi connectivity index (χ3n) is 3.84. The molecular weight excluding hydrogens is 318 g/mol. The van der Waals surface area contributed by atoms with E-state index in [9.17, 15) is 15.0 Å². The second-order valence-corrected chi connectivity index (χ2v) is 5.97. The Kier molecular flexibility index (Phi) is 7.60. The van der Waals surface area contributed by atoms with Crippen LogP contribution in [0.2, 0.25) is 0 Å². The molecule has 0 aliphatic rings. The Morgan fingerprint density at radius 1 is 1.12 bits per heavy atom. The highest BCUT2D eigenvalue weighted by atomic mass is 16.5. The Bertz CT molecular complexity index is 660. The molecule has 0 aliphatic carbocycles. The maximum Gasteiger partial charge on any atom is 0.159 e. The maximum absolute atomic E-state index is 11.3. The number of aliphatic hydroxyl groups is 2. The van der Waals surface area contributed by atoms with Gasteiger partial charge < -0.3 is 20.3 Å². The van der Waals surface area contributed by atoms with Crippen LogP contribution in [0.4, 0.5) is 0 Å². The first-order chi connectivity index (χ1) is 12.1. The summed E-state index contributed by atoms with van der Waals surface area (Å²) < 4.78 is 5.51. The highest BCUT2D eigenvalue weighted by molar-refractivity contribution is 5.94. The molecule has 0 radical (unpaired) electrons. The summed E-state index contributed by atoms with van der Waals surface area (Å²) in [5.41, 5.74) is 1.47. The van der Waals surface area contributed by atoms with E-state index in [1.165, 1.54) is 6.92 Å². The fraction of sp³-hybridized carbons (Fsp3) is 0.350. The Balaban J connectivity index is 1.65. The van der Waals surface area contributed by atoms with E-state index >= 15 is 0 Å². The van der Waals surface area contributed by atoms with Gasteiger partial charge in [0.15, 0.2) is 5.78 Å². The molecule has 0 spiro atoms. The number of hydrogen-bond acceptors (Lipinski definition) is 5. The van der Waals surface area contributed by atoms with Gasteiger partial charge in [0.2, 0.25) is 0 Å². The van der Waals surface area contributed by atoms with Gasteiger partial charge in [-0.1, -0.05) is 42.5 Å². The Labute approximate surface area is 148 Å². The normalized spacial score (nSPS) is 13.2. The van der Waals surface area contributed by atoms with Gasteiger partial charge in [-0.2, -0.15) is 0 Å². The molecule has 0 aliphatic heterocycles. The van der Waals surface area contributed by atoms with Gasteiger partial charge >= 0.3 is 0 Å². The molecule has 3 N–H and O–H groups in total. The van der Waals surface area contributed by atoms with Crippen LogP contribution in [0.3, 0.4) is 0 Å². The van der Waals surface area contributed by atoms with Gasteiger partial charge in [-0.15, -0.1) is 0 Å². The van der Waals surface area contributed by atoms with Gasteiger partial charge in [0.25, 0.3) is 0 Å². The first kappa shape index (κ1) is 19.1. The summed E-state index contributed by atoms with van der Waals surface area (Å²) in [6.07, 6.45) is -0.621. The van der Waals surface area contributed by atoms with Gasteiger partial charge in [0, 0.05) is 12.1 Å². The first-order valence-electron chi connectivity index (χ1n) is 8.42. The van der Waals surface area contributed by atoms with E-state index in [-0.39, 0.29) is 12.4 Å². The average molecular weight is 343 g/mol. The maximum atomic E-state index is 11.3. The molecule has 25 heavy (non-hydrogen) atoms. The van der Waals surface area contributed by atoms with Crippen LogP contribution in [0.5, 0.6) is 5.75 Å². The third-order valence-corrected chi connectivity index (χ3v) is 3.84. The minimum atomic E-state index is -0.671. The van der Waals surface area contributed by atoms with Crippen molar-refractivity contribution in [2.75, 3.05) is 19.7 Å². The molecule has 0 bridgehead atoms. The molecule has 0 aromatic heterocycles. The van der Waals surface area contributed by atoms with Crippen molar-refractivity contribution in [1.82, 2.24) is 5.32 Å². The summed E-state index contributed by atoms with van der Waals surface area (Å²) in [6, 6.07) is 16.4. The van der Waals surface area contributed by atoms with Crippen molar-refractivity contribution in [2.45, 2.75) is 25.6 Å². The molecule has 0 saturated carbocycles. The number of hydrogen-bond donors (Lipinski definition) is 3. The molecular formula is C20H25NO4. The van der Waals surface area contributed by atoms with E-state index < -0.39 is 12.2 Å². The molecule has 2 aromatic carbocycles. The fourth-order valence-electron chi connectivity index (χ4n) is 2.41. The van der Waals surface area contributed by atoms with Crippen LogP contribution in [0.1, 0.15) is 35.4 Å². The molecule has 0 heterocycles. The summed E-state index contributed by atoms with van der Waals surface area (Å²) in [4.78, 5) is 11.3. The van der Waals surface area contributed by atoms with E-state index in [1.807, 2.05) is 30.3 Å². The van der Waals surface area contributed by atoms with Gasteiger partial charge in [0.05, 0.1) is 6.10 Å². The van der Waals surface area contributed by atoms with Crippen LogP contribution >= 0.6 is 0 Å². The fourth-order valence-corrected chi connectivity index (χ4v) is 2.41. The van der Waals surface area contributed by atoms with Gasteiger partial charge in [0.1, 0.15) is 18.5 Å². The molecule has 2 atom stereocenters. The number of Topliss-reactive ketones (excluding diaryl/α,β-unsaturated/α-hetero) is 1. The van der Waals surface area contributed by atoms with Gasteiger partial charge in [-0.05, 0) is 37.6 Å². The lowest BCUT2D eigenvalue weighted by Gasteiger charge is -2.15. The second kappa shape index (κ2) is 9.93. The summed E-state index contributed by atoms with van der Waals surface area (Å²) in [6.45, 7) is 2.60. The zero-order valence-corrected chi connectivity index (χ0v) is 14.4. The molecule has 0 saturated heterocycles. The predicted molar refractivity (Wildman–Crippen MR) is 96.8 cm³/mol. The first-order valence-corrected chi connectivity index (χ1v) is 8.42. The standard InChI is InChI=1S/C20H25NO4/c1-15(22)17-8-5-9-19(12-17)25-14-18(23)13-21-11-10-20(24)16-6-3-2-4-7-16/h2-9,12,18,20-21,23-24H,10-11,13-14H2,1H3. The Hall–Kier alpha value is -2.21. The molecule has 0 amide bonds. The van der Waals surface area contributed by atoms with Crippen LogP contribution in [0.25, 0.3) is 0 Å². The van der Waals surface area contributed by atoms with E-state index in [0.717, 1.165) is 5.56 Å². The highest BCUT2D eigenvalue weighted by Crippen LogP contribution is 2.15. The minimum Gasteiger partial charge on any atom is -0.491 e. The SMILES string of the molecule is CC(=O)c1cccc(OCC(O)CNCCC(O)c2ccccc2)c1. The Morgan fingerprint density at radius 2 is 1.88 bits per heavy atom. The predicted octanol–water partition coefficient (Wildman–Crippen LogP) is 2.34. The smallest absolute Gasteiger partial charge is 0.159 e. The number of carbonyl (C=O) groups excluding carboxylic acids is 1. The zero-order chi connectivity index (χ0) is 18.1. The zero-order valence-electron chi connectivity index (χ0n) is 14.4. The monoisotopic (exact) mass is 343 g/mol. The number of carbonyl (C=O) groups is 1. The number of ketones is 1. The van der Waals surface area contributed by atoms with Crippen LogP contribution in [0, 0.1) is 0 Å². The quantitative estimate of drug-likeness (QED) is 0.456. The van der Waals surface area contributed by atoms with Crippen LogP contribution in [-0.2, 0) is 0 Å². The summed E-state index contributed by atoms with van der Waals surface area (Å²) >= 11 is 0. The van der Waals surface area contributed by atoms with E-state index in [1.54, 1.807) is 24.3 Å². The Morgan fingerprint density at radius 3 is 2.60 bits per heavy atom. The van der Waals surface area contributed by atoms with Crippen LogP contribution < -0.4 is 10.1 Å². The summed E-state index contributed by atoms with van der Waals surface area (Å²) in [5, 5.41) is 23.1. The molecule has 2 aromatic rings. The average Bonchev–Trinajstić information content (AvgIpc) is 2.64. The largest absolute Gasteiger partial charge is 0.491 e. The molecule has 0 fully saturated rings. The highest BCUT2D eigenvalue weighted by Gasteiger charge is 2.09. The van der Waals surface area contributed by atoms with E-state index in [0.29, 0.717) is 30.8 Å². The minimum absolute atomic E-state index is 0.0235. The van der Waals surface area contributed by atoms with Crippen molar-refractivity contribution in [3.63, 3.8) is 0 Å². The lowest BCUT2D eigenvalue weighted by atomic mass is 10.1. The van der Waals surface area contributed by atoms with E-state index in [2.05, 4.69) is 5.32 Å². The van der Waals surface area contributed by atoms with Crippen molar-refractivity contribution >= 4 is 5.78 Å². The summed E-state index contributed by atoms with van der Waals surface area (Å²) in [5.74, 6) is 0.538. The van der Waals surface area contributed by atoms with Crippen molar-refractivity contribution in [3.8, 4) is 5.75 Å². The van der Waals surface area contributed by atoms with Crippen molar-refractivity contribution in [2.24, 2.45) is 0 Å². The molecule has 5 heteroatoms. The molecule has 5 nitrogen and oxygen atoms in total. The number of nitrogens with one attached hydrogen (secondary N) is 1. The van der Waals surface area contributed by atoms with Crippen molar-refractivity contribution in [3.05, 3.63) is 65.7 Å². The number of aliphatic hydroxyl groups excluding tert-OH is 2.